The highest BCUT2D eigenvalue weighted by atomic mass is 35.5. The molecular formula is C16H22ClN3O2. The van der Waals surface area contributed by atoms with Crippen molar-refractivity contribution in [2.24, 2.45) is 17.6 Å². The summed E-state index contributed by atoms with van der Waals surface area (Å²) in [5.74, 6) is -0.0273. The largest absolute Gasteiger partial charge is 0.348 e. The molecule has 2 rings (SSSR count). The molecule has 2 amide bonds. The summed E-state index contributed by atoms with van der Waals surface area (Å²) in [6.45, 7) is 4.03. The van der Waals surface area contributed by atoms with Crippen LogP contribution in [0.2, 0.25) is 5.02 Å². The van der Waals surface area contributed by atoms with Crippen LogP contribution in [0.1, 0.15) is 37.0 Å². The Kier molecular flexibility index (Phi) is 5.42. The number of hydrogen-bond donors (Lipinski definition) is 3. The van der Waals surface area contributed by atoms with Crippen LogP contribution in [0.25, 0.3) is 0 Å². The lowest BCUT2D eigenvalue weighted by atomic mass is 10.1. The maximum Gasteiger partial charge on any atom is 0.253 e. The highest BCUT2D eigenvalue weighted by molar-refractivity contribution is 6.34. The third-order valence-electron chi connectivity index (χ3n) is 3.76. The lowest BCUT2D eigenvalue weighted by Crippen LogP contribution is -2.41. The third-order valence-corrected chi connectivity index (χ3v) is 4.09. The minimum absolute atomic E-state index is 0.0162. The van der Waals surface area contributed by atoms with E-state index in [9.17, 15) is 9.59 Å². The van der Waals surface area contributed by atoms with Crippen LogP contribution in [0.5, 0.6) is 0 Å². The predicted octanol–water partition coefficient (Wildman–Crippen LogP) is 2.40. The molecule has 1 atom stereocenters. The van der Waals surface area contributed by atoms with E-state index < -0.39 is 0 Å². The average molecular weight is 324 g/mol. The van der Waals surface area contributed by atoms with Crippen molar-refractivity contribution in [1.29, 1.82) is 0 Å². The number of rotatable bonds is 6. The van der Waals surface area contributed by atoms with Gasteiger partial charge >= 0.3 is 0 Å². The molecule has 1 aliphatic carbocycles. The van der Waals surface area contributed by atoms with Crippen molar-refractivity contribution in [2.75, 3.05) is 11.9 Å². The molecule has 0 saturated heterocycles. The van der Waals surface area contributed by atoms with E-state index in [0.29, 0.717) is 28.7 Å². The molecule has 120 valence electrons. The van der Waals surface area contributed by atoms with Crippen LogP contribution < -0.4 is 16.4 Å². The van der Waals surface area contributed by atoms with Crippen molar-refractivity contribution in [1.82, 2.24) is 5.32 Å². The fourth-order valence-electron chi connectivity index (χ4n) is 2.18. The number of anilines is 1. The number of carbonyl (C=O) groups excluding carboxylic acids is 2. The smallest absolute Gasteiger partial charge is 0.253 e. The van der Waals surface area contributed by atoms with Gasteiger partial charge in [-0.15, -0.1) is 0 Å². The van der Waals surface area contributed by atoms with Gasteiger partial charge in [-0.25, -0.2) is 0 Å². The first-order valence-corrected chi connectivity index (χ1v) is 7.91. The highest BCUT2D eigenvalue weighted by Gasteiger charge is 2.31. The summed E-state index contributed by atoms with van der Waals surface area (Å²) in [6.07, 6.45) is 2.20. The first-order valence-electron chi connectivity index (χ1n) is 7.53. The van der Waals surface area contributed by atoms with Crippen molar-refractivity contribution in [2.45, 2.75) is 32.7 Å². The fraction of sp³-hybridized carbons (Fsp3) is 0.500. The monoisotopic (exact) mass is 323 g/mol. The van der Waals surface area contributed by atoms with Crippen molar-refractivity contribution in [3.8, 4) is 0 Å². The van der Waals surface area contributed by atoms with Gasteiger partial charge in [-0.1, -0.05) is 25.4 Å². The molecule has 1 aromatic rings. The average Bonchev–Trinajstić information content (AvgIpc) is 3.30. The van der Waals surface area contributed by atoms with Crippen molar-refractivity contribution < 1.29 is 9.59 Å². The Morgan fingerprint density at radius 1 is 1.36 bits per heavy atom. The first-order chi connectivity index (χ1) is 10.4. The van der Waals surface area contributed by atoms with E-state index in [0.717, 1.165) is 12.8 Å². The number of benzene rings is 1. The zero-order valence-electron chi connectivity index (χ0n) is 12.9. The second kappa shape index (κ2) is 7.11. The van der Waals surface area contributed by atoms with Gasteiger partial charge in [-0.05, 0) is 37.0 Å². The van der Waals surface area contributed by atoms with Crippen LogP contribution in [0.4, 0.5) is 5.69 Å². The van der Waals surface area contributed by atoms with E-state index in [1.807, 2.05) is 0 Å². The molecule has 1 unspecified atom stereocenters. The maximum absolute atomic E-state index is 12.4. The first kappa shape index (κ1) is 16.8. The summed E-state index contributed by atoms with van der Waals surface area (Å²) in [6, 6.07) is 4.87. The van der Waals surface area contributed by atoms with Crippen LogP contribution in [0, 0.1) is 11.8 Å². The molecule has 0 radical (unpaired) electrons. The Labute approximate surface area is 135 Å². The molecular weight excluding hydrogens is 302 g/mol. The molecule has 5 nitrogen and oxygen atoms in total. The second-order valence-corrected chi connectivity index (χ2v) is 6.40. The van der Waals surface area contributed by atoms with Crippen molar-refractivity contribution in [3.05, 3.63) is 28.8 Å². The van der Waals surface area contributed by atoms with Gasteiger partial charge in [0.2, 0.25) is 5.91 Å². The number of halogens is 1. The van der Waals surface area contributed by atoms with E-state index >= 15 is 0 Å². The van der Waals surface area contributed by atoms with E-state index in [1.165, 1.54) is 0 Å². The SMILES string of the molecule is CC(C)C(=O)Nc1ccc(Cl)c(C(=O)NC(CN)C2CC2)c1. The van der Waals surface area contributed by atoms with Crippen LogP contribution >= 0.6 is 11.6 Å². The van der Waals surface area contributed by atoms with E-state index in [2.05, 4.69) is 10.6 Å². The lowest BCUT2D eigenvalue weighted by Gasteiger charge is -2.17. The van der Waals surface area contributed by atoms with Crippen LogP contribution in [-0.4, -0.2) is 24.4 Å². The summed E-state index contributed by atoms with van der Waals surface area (Å²) < 4.78 is 0. The summed E-state index contributed by atoms with van der Waals surface area (Å²) in [5.41, 5.74) is 6.61. The molecule has 4 N–H and O–H groups in total. The minimum atomic E-state index is -0.256. The van der Waals surface area contributed by atoms with Gasteiger partial charge in [-0.3, -0.25) is 9.59 Å². The molecule has 1 saturated carbocycles. The number of amides is 2. The third kappa shape index (κ3) is 4.21. The molecule has 6 heteroatoms. The number of nitrogens with one attached hydrogen (secondary N) is 2. The van der Waals surface area contributed by atoms with Gasteiger partial charge in [0.25, 0.3) is 5.91 Å². The van der Waals surface area contributed by atoms with Crippen LogP contribution in [0.3, 0.4) is 0 Å². The van der Waals surface area contributed by atoms with Gasteiger partial charge in [0.15, 0.2) is 0 Å². The van der Waals surface area contributed by atoms with Crippen molar-refractivity contribution in [3.63, 3.8) is 0 Å². The highest BCUT2D eigenvalue weighted by Crippen LogP contribution is 2.32. The Bertz CT molecular complexity index is 571. The van der Waals surface area contributed by atoms with Crippen LogP contribution in [0.15, 0.2) is 18.2 Å². The molecule has 0 heterocycles. The summed E-state index contributed by atoms with van der Waals surface area (Å²) in [7, 11) is 0. The zero-order chi connectivity index (χ0) is 16.3. The summed E-state index contributed by atoms with van der Waals surface area (Å²) >= 11 is 6.11. The lowest BCUT2D eigenvalue weighted by molar-refractivity contribution is -0.118. The number of hydrogen-bond acceptors (Lipinski definition) is 3. The minimum Gasteiger partial charge on any atom is -0.348 e. The quantitative estimate of drug-likeness (QED) is 0.751. The Balaban J connectivity index is 2.11. The van der Waals surface area contributed by atoms with E-state index in [4.69, 9.17) is 17.3 Å². The Morgan fingerprint density at radius 2 is 2.05 bits per heavy atom. The number of nitrogens with two attached hydrogens (primary N) is 1. The van der Waals surface area contributed by atoms with Gasteiger partial charge in [-0.2, -0.15) is 0 Å². The zero-order valence-corrected chi connectivity index (χ0v) is 13.6. The van der Waals surface area contributed by atoms with Gasteiger partial charge < -0.3 is 16.4 Å². The fourth-order valence-corrected chi connectivity index (χ4v) is 2.38. The number of carbonyl (C=O) groups is 2. The Hall–Kier alpha value is -1.59. The van der Waals surface area contributed by atoms with Crippen molar-refractivity contribution >= 4 is 29.1 Å². The molecule has 0 aromatic heterocycles. The van der Waals surface area contributed by atoms with Gasteiger partial charge in [0.05, 0.1) is 10.6 Å². The standard InChI is InChI=1S/C16H22ClN3O2/c1-9(2)15(21)19-11-5-6-13(17)12(7-11)16(22)20-14(8-18)10-3-4-10/h5-7,9-10,14H,3-4,8,18H2,1-2H3,(H,19,21)(H,20,22). The predicted molar refractivity (Wildman–Crippen MR) is 88.0 cm³/mol. The molecule has 0 aliphatic heterocycles. The molecule has 0 spiro atoms. The van der Waals surface area contributed by atoms with E-state index in [1.54, 1.807) is 32.0 Å². The van der Waals surface area contributed by atoms with Gasteiger partial charge in [0.1, 0.15) is 0 Å². The molecule has 1 aliphatic rings. The maximum atomic E-state index is 12.4. The molecule has 1 aromatic carbocycles. The summed E-state index contributed by atoms with van der Waals surface area (Å²) in [4.78, 5) is 24.1. The molecule has 22 heavy (non-hydrogen) atoms. The summed E-state index contributed by atoms with van der Waals surface area (Å²) in [5, 5.41) is 6.05. The second-order valence-electron chi connectivity index (χ2n) is 5.99. The van der Waals surface area contributed by atoms with Crippen LogP contribution in [-0.2, 0) is 4.79 Å². The topological polar surface area (TPSA) is 84.2 Å². The molecule has 0 bridgehead atoms. The van der Waals surface area contributed by atoms with Gasteiger partial charge in [0, 0.05) is 24.2 Å². The Morgan fingerprint density at radius 3 is 2.59 bits per heavy atom. The normalized spacial score (nSPS) is 15.5. The molecule has 1 fully saturated rings. The van der Waals surface area contributed by atoms with E-state index in [-0.39, 0.29) is 23.8 Å².